The van der Waals surface area contributed by atoms with Crippen LogP contribution in [0.5, 0.6) is 0 Å². The zero-order chi connectivity index (χ0) is 19.1. The van der Waals surface area contributed by atoms with Gasteiger partial charge in [0.2, 0.25) is 0 Å². The highest BCUT2D eigenvalue weighted by molar-refractivity contribution is 5.82. The maximum absolute atomic E-state index is 11.8. The summed E-state index contributed by atoms with van der Waals surface area (Å²) in [5.41, 5.74) is 8.97. The number of benzene rings is 1. The van der Waals surface area contributed by atoms with Crippen LogP contribution in [0.1, 0.15) is 11.1 Å². The molecular weight excluding hydrogens is 350 g/mol. The molecule has 8 heteroatoms. The quantitative estimate of drug-likeness (QED) is 0.559. The summed E-state index contributed by atoms with van der Waals surface area (Å²) in [5, 5.41) is 22.6. The third kappa shape index (κ3) is 3.07. The molecule has 4 atom stereocenters. The van der Waals surface area contributed by atoms with E-state index < -0.39 is 36.7 Å². The Labute approximate surface area is 155 Å². The van der Waals surface area contributed by atoms with Crippen molar-refractivity contribution < 1.29 is 24.5 Å². The number of aliphatic hydroxyl groups excluding tert-OH is 1. The van der Waals surface area contributed by atoms with Crippen LogP contribution >= 0.6 is 0 Å². The zero-order valence-electron chi connectivity index (χ0n) is 14.5. The Morgan fingerprint density at radius 1 is 1.37 bits per heavy atom. The number of carboxylic acids is 1. The Bertz CT molecular complexity index is 850. The first-order valence-electron chi connectivity index (χ1n) is 8.76. The number of nitrogens with two attached hydrogens (primary N) is 1. The highest BCUT2D eigenvalue weighted by atomic mass is 16.5. The number of amides is 1. The van der Waals surface area contributed by atoms with E-state index in [2.05, 4.69) is 16.3 Å². The van der Waals surface area contributed by atoms with Crippen molar-refractivity contribution in [1.82, 2.24) is 10.2 Å². The van der Waals surface area contributed by atoms with Gasteiger partial charge >= 0.3 is 5.97 Å². The second-order valence-corrected chi connectivity index (χ2v) is 7.00. The smallest absolute Gasteiger partial charge is 0.329 e. The highest BCUT2D eigenvalue weighted by Crippen LogP contribution is 2.43. The van der Waals surface area contributed by atoms with Crippen molar-refractivity contribution in [1.29, 1.82) is 0 Å². The van der Waals surface area contributed by atoms with E-state index in [1.165, 1.54) is 0 Å². The Balaban J connectivity index is 1.78. The Morgan fingerprint density at radius 2 is 2.15 bits per heavy atom. The molecule has 0 radical (unpaired) electrons. The predicted molar refractivity (Wildman–Crippen MR) is 94.8 cm³/mol. The van der Waals surface area contributed by atoms with Crippen LogP contribution in [-0.4, -0.2) is 52.0 Å². The van der Waals surface area contributed by atoms with Gasteiger partial charge in [0.25, 0.3) is 5.91 Å². The van der Waals surface area contributed by atoms with Crippen LogP contribution in [-0.2, 0) is 27.3 Å². The number of aliphatic carboxylic acids is 1. The van der Waals surface area contributed by atoms with Gasteiger partial charge in [0.05, 0.1) is 12.0 Å². The van der Waals surface area contributed by atoms with Gasteiger partial charge in [-0.25, -0.2) is 4.79 Å². The number of carbonyl (C=O) groups excluding carboxylic acids is 1. The number of ether oxygens (including phenoxy) is 1. The molecule has 5 N–H and O–H groups in total. The third-order valence-corrected chi connectivity index (χ3v) is 5.31. The van der Waals surface area contributed by atoms with Crippen molar-refractivity contribution in [2.45, 2.75) is 31.3 Å². The van der Waals surface area contributed by atoms with E-state index in [9.17, 15) is 14.7 Å². The molecular formula is C19H21N3O5. The molecule has 0 aromatic heterocycles. The molecule has 4 unspecified atom stereocenters. The highest BCUT2D eigenvalue weighted by Gasteiger charge is 2.48. The normalized spacial score (nSPS) is 26.7. The fourth-order valence-electron chi connectivity index (χ4n) is 4.27. The molecule has 0 aliphatic carbocycles. The minimum atomic E-state index is -1.46. The number of allylic oxidation sites excluding steroid dienone is 1. The minimum absolute atomic E-state index is 0.168. The molecule has 142 valence electrons. The van der Waals surface area contributed by atoms with Crippen LogP contribution in [0, 0.1) is 5.92 Å². The lowest BCUT2D eigenvalue weighted by molar-refractivity contribution is -0.146. The van der Waals surface area contributed by atoms with Gasteiger partial charge < -0.3 is 30.9 Å². The molecule has 1 aromatic carbocycles. The summed E-state index contributed by atoms with van der Waals surface area (Å²) in [6.07, 6.45) is 2.09. The minimum Gasteiger partial charge on any atom is -0.480 e. The Kier molecular flexibility index (Phi) is 4.37. The van der Waals surface area contributed by atoms with Gasteiger partial charge in [-0.3, -0.25) is 4.79 Å². The summed E-state index contributed by atoms with van der Waals surface area (Å²) in [6, 6.07) is 7.97. The molecule has 2 bridgehead atoms. The van der Waals surface area contributed by atoms with Gasteiger partial charge in [-0.05, 0) is 29.0 Å². The largest absolute Gasteiger partial charge is 0.480 e. The lowest BCUT2D eigenvalue weighted by atomic mass is 9.86. The van der Waals surface area contributed by atoms with E-state index in [1.54, 1.807) is 6.20 Å². The van der Waals surface area contributed by atoms with Gasteiger partial charge in [0.15, 0.2) is 6.10 Å². The predicted octanol–water partition coefficient (Wildman–Crippen LogP) is -0.312. The molecule has 3 aliphatic rings. The second kappa shape index (κ2) is 6.71. The second-order valence-electron chi connectivity index (χ2n) is 7.00. The molecule has 1 amide bonds. The Hall–Kier alpha value is -2.84. The first-order chi connectivity index (χ1) is 13.0. The first kappa shape index (κ1) is 17.6. The van der Waals surface area contributed by atoms with Crippen LogP contribution in [0.2, 0.25) is 0 Å². The van der Waals surface area contributed by atoms with E-state index in [0.717, 1.165) is 16.8 Å². The SMILES string of the molecule is NC(=O)C(O)C1=C2Cc3cccc(c3)CN2C2C=CNC(OCC(=O)O)C12. The van der Waals surface area contributed by atoms with Crippen LogP contribution in [0.3, 0.4) is 0 Å². The molecule has 1 aromatic rings. The molecule has 8 nitrogen and oxygen atoms in total. The third-order valence-electron chi connectivity index (χ3n) is 5.31. The molecule has 0 spiro atoms. The van der Waals surface area contributed by atoms with Crippen LogP contribution in [0.25, 0.3) is 0 Å². The summed E-state index contributed by atoms with van der Waals surface area (Å²) in [6.45, 7) is 0.137. The van der Waals surface area contributed by atoms with Gasteiger partial charge in [-0.15, -0.1) is 0 Å². The van der Waals surface area contributed by atoms with Crippen molar-refractivity contribution in [2.24, 2.45) is 11.7 Å². The fourth-order valence-corrected chi connectivity index (χ4v) is 4.27. The molecule has 3 aliphatic heterocycles. The summed E-state index contributed by atoms with van der Waals surface area (Å²) < 4.78 is 5.52. The van der Waals surface area contributed by atoms with Crippen molar-refractivity contribution in [3.8, 4) is 0 Å². The average Bonchev–Trinajstić information content (AvgIpc) is 2.86. The fraction of sp³-hybridized carbons (Fsp3) is 0.368. The van der Waals surface area contributed by atoms with E-state index in [0.29, 0.717) is 18.5 Å². The molecule has 0 saturated carbocycles. The number of nitrogens with zero attached hydrogens (tertiary/aromatic N) is 1. The number of nitrogens with one attached hydrogen (secondary N) is 1. The molecule has 3 heterocycles. The Morgan fingerprint density at radius 3 is 2.89 bits per heavy atom. The number of rotatable bonds is 5. The van der Waals surface area contributed by atoms with Gasteiger partial charge in [-0.2, -0.15) is 0 Å². The summed E-state index contributed by atoms with van der Waals surface area (Å²) >= 11 is 0. The van der Waals surface area contributed by atoms with E-state index >= 15 is 0 Å². The van der Waals surface area contributed by atoms with Crippen molar-refractivity contribution in [3.05, 3.63) is 58.9 Å². The maximum atomic E-state index is 11.8. The van der Waals surface area contributed by atoms with E-state index in [1.807, 2.05) is 24.3 Å². The number of hydrogen-bond donors (Lipinski definition) is 4. The number of carboxylic acid groups (broad SMARTS) is 1. The lowest BCUT2D eigenvalue weighted by Crippen LogP contribution is -2.49. The van der Waals surface area contributed by atoms with Crippen molar-refractivity contribution in [2.75, 3.05) is 6.61 Å². The number of hydrogen-bond acceptors (Lipinski definition) is 6. The van der Waals surface area contributed by atoms with Crippen LogP contribution in [0.15, 0.2) is 47.8 Å². The zero-order valence-corrected chi connectivity index (χ0v) is 14.5. The first-order valence-corrected chi connectivity index (χ1v) is 8.76. The maximum Gasteiger partial charge on any atom is 0.329 e. The van der Waals surface area contributed by atoms with Crippen molar-refractivity contribution >= 4 is 11.9 Å². The van der Waals surface area contributed by atoms with E-state index in [-0.39, 0.29) is 6.04 Å². The van der Waals surface area contributed by atoms with Gasteiger partial charge in [-0.1, -0.05) is 24.3 Å². The number of primary amides is 1. The summed E-state index contributed by atoms with van der Waals surface area (Å²) in [4.78, 5) is 24.9. The standard InChI is InChI=1S/C19H21N3O5/c20-18(26)17(25)15-13-7-10-2-1-3-11(6-10)8-22(13)12-4-5-21-19(16(12)15)27-9-14(23)24/h1-6,12,16-17,19,21,25H,7-9H2,(H2,20,26)(H,23,24). The average molecular weight is 371 g/mol. The van der Waals surface area contributed by atoms with E-state index in [4.69, 9.17) is 15.6 Å². The topological polar surface area (TPSA) is 125 Å². The molecule has 0 saturated heterocycles. The number of aliphatic hydroxyl groups is 1. The lowest BCUT2D eigenvalue weighted by Gasteiger charge is -2.36. The number of carbonyl (C=O) groups is 2. The summed E-state index contributed by atoms with van der Waals surface area (Å²) in [5.74, 6) is -2.34. The molecule has 27 heavy (non-hydrogen) atoms. The van der Waals surface area contributed by atoms with Crippen molar-refractivity contribution in [3.63, 3.8) is 0 Å². The summed E-state index contributed by atoms with van der Waals surface area (Å²) in [7, 11) is 0. The molecule has 4 rings (SSSR count). The van der Waals surface area contributed by atoms with Crippen LogP contribution < -0.4 is 11.1 Å². The van der Waals surface area contributed by atoms with Gasteiger partial charge in [0.1, 0.15) is 12.8 Å². The molecule has 0 fully saturated rings. The van der Waals surface area contributed by atoms with Crippen LogP contribution in [0.4, 0.5) is 0 Å². The number of fused-ring (bicyclic) bond motifs is 5. The van der Waals surface area contributed by atoms with Gasteiger partial charge in [0, 0.05) is 18.7 Å². The monoisotopic (exact) mass is 371 g/mol.